The number of hydrogen-bond donors (Lipinski definition) is 0. The van der Waals surface area contributed by atoms with Gasteiger partial charge in [-0.3, -0.25) is 4.98 Å². The van der Waals surface area contributed by atoms with Gasteiger partial charge in [-0.2, -0.15) is 0 Å². The van der Waals surface area contributed by atoms with E-state index in [0.717, 1.165) is 30.2 Å². The monoisotopic (exact) mass is 327 g/mol. The standard InChI is InChI=1S/C19H15Cl2N/c20-16-10-15-9-14-8-13(12-4-2-1-3-5-12)6-7-18(14)22-19(15)17(21)11-16/h1-5,9-11,13H,6-8H2/t13-/m0/s1. The summed E-state index contributed by atoms with van der Waals surface area (Å²) in [7, 11) is 0. The number of hydrogen-bond acceptors (Lipinski definition) is 1. The van der Waals surface area contributed by atoms with Crippen molar-refractivity contribution >= 4 is 34.1 Å². The van der Waals surface area contributed by atoms with Crippen molar-refractivity contribution in [2.24, 2.45) is 0 Å². The SMILES string of the molecule is Clc1cc(Cl)c2nc3c(cc2c1)C[C@@H](c1ccccc1)CC3. The quantitative estimate of drug-likeness (QED) is 0.549. The van der Waals surface area contributed by atoms with Crippen molar-refractivity contribution in [3.05, 3.63) is 75.4 Å². The molecule has 110 valence electrons. The molecule has 1 heterocycles. The van der Waals surface area contributed by atoms with Gasteiger partial charge in [0.05, 0.1) is 10.5 Å². The van der Waals surface area contributed by atoms with E-state index in [1.807, 2.05) is 6.07 Å². The minimum absolute atomic E-state index is 0.572. The summed E-state index contributed by atoms with van der Waals surface area (Å²) in [5, 5.41) is 2.33. The smallest absolute Gasteiger partial charge is 0.0892 e. The molecule has 0 spiro atoms. The average Bonchev–Trinajstić information content (AvgIpc) is 2.53. The fourth-order valence-corrected chi connectivity index (χ4v) is 3.92. The van der Waals surface area contributed by atoms with Gasteiger partial charge in [0.15, 0.2) is 0 Å². The molecule has 4 rings (SSSR count). The lowest BCUT2D eigenvalue weighted by Gasteiger charge is -2.25. The number of nitrogens with zero attached hydrogens (tertiary/aromatic N) is 1. The molecule has 1 atom stereocenters. The fraction of sp³-hybridized carbons (Fsp3) is 0.211. The van der Waals surface area contributed by atoms with Crippen LogP contribution in [0.15, 0.2) is 48.5 Å². The Morgan fingerprint density at radius 1 is 1.00 bits per heavy atom. The lowest BCUT2D eigenvalue weighted by molar-refractivity contribution is 0.576. The van der Waals surface area contributed by atoms with E-state index in [1.165, 1.54) is 16.8 Å². The molecule has 0 bridgehead atoms. The minimum atomic E-state index is 0.572. The van der Waals surface area contributed by atoms with E-state index in [2.05, 4.69) is 36.4 Å². The van der Waals surface area contributed by atoms with E-state index in [9.17, 15) is 0 Å². The first kappa shape index (κ1) is 14.0. The molecule has 0 fully saturated rings. The Bertz CT molecular complexity index is 843. The maximum Gasteiger partial charge on any atom is 0.0892 e. The lowest BCUT2D eigenvalue weighted by Crippen LogP contribution is -2.14. The van der Waals surface area contributed by atoms with Crippen LogP contribution in [0.3, 0.4) is 0 Å². The molecule has 1 aromatic heterocycles. The van der Waals surface area contributed by atoms with Crippen molar-refractivity contribution in [1.82, 2.24) is 4.98 Å². The summed E-state index contributed by atoms with van der Waals surface area (Å²) in [4.78, 5) is 4.79. The van der Waals surface area contributed by atoms with Crippen molar-refractivity contribution in [3.8, 4) is 0 Å². The fourth-order valence-electron chi connectivity index (χ4n) is 3.37. The van der Waals surface area contributed by atoms with Crippen LogP contribution in [0.5, 0.6) is 0 Å². The Kier molecular flexibility index (Phi) is 3.56. The second kappa shape index (κ2) is 5.57. The topological polar surface area (TPSA) is 12.9 Å². The number of rotatable bonds is 1. The average molecular weight is 328 g/mol. The van der Waals surface area contributed by atoms with Gasteiger partial charge in [-0.25, -0.2) is 0 Å². The van der Waals surface area contributed by atoms with E-state index < -0.39 is 0 Å². The maximum absolute atomic E-state index is 6.28. The zero-order chi connectivity index (χ0) is 15.1. The first-order valence-electron chi connectivity index (χ1n) is 7.53. The van der Waals surface area contributed by atoms with Gasteiger partial charge in [-0.05, 0) is 54.5 Å². The highest BCUT2D eigenvalue weighted by Gasteiger charge is 2.22. The minimum Gasteiger partial charge on any atom is -0.251 e. The van der Waals surface area contributed by atoms with Crippen LogP contribution in [0.2, 0.25) is 10.0 Å². The molecule has 0 radical (unpaired) electrons. The summed E-state index contributed by atoms with van der Waals surface area (Å²) >= 11 is 12.4. The summed E-state index contributed by atoms with van der Waals surface area (Å²) in [6.45, 7) is 0. The summed E-state index contributed by atoms with van der Waals surface area (Å²) in [6.07, 6.45) is 3.18. The first-order chi connectivity index (χ1) is 10.7. The third kappa shape index (κ3) is 2.49. The van der Waals surface area contributed by atoms with Gasteiger partial charge in [-0.1, -0.05) is 53.5 Å². The van der Waals surface area contributed by atoms with Gasteiger partial charge in [-0.15, -0.1) is 0 Å². The van der Waals surface area contributed by atoms with Gasteiger partial charge in [0.25, 0.3) is 0 Å². The van der Waals surface area contributed by atoms with E-state index in [-0.39, 0.29) is 0 Å². The van der Waals surface area contributed by atoms with Crippen molar-refractivity contribution in [1.29, 1.82) is 0 Å². The molecule has 0 unspecified atom stereocenters. The Hall–Kier alpha value is -1.57. The largest absolute Gasteiger partial charge is 0.251 e. The van der Waals surface area contributed by atoms with Crippen LogP contribution in [0.4, 0.5) is 0 Å². The van der Waals surface area contributed by atoms with Crippen LogP contribution in [0.25, 0.3) is 10.9 Å². The summed E-state index contributed by atoms with van der Waals surface area (Å²) in [5.41, 5.74) is 4.79. The first-order valence-corrected chi connectivity index (χ1v) is 8.29. The Labute approximate surface area is 139 Å². The second-order valence-corrected chi connectivity index (χ2v) is 6.75. The van der Waals surface area contributed by atoms with E-state index in [1.54, 1.807) is 6.07 Å². The number of aromatic nitrogens is 1. The van der Waals surface area contributed by atoms with E-state index in [4.69, 9.17) is 28.2 Å². The highest BCUT2D eigenvalue weighted by Crippen LogP contribution is 2.35. The number of fused-ring (bicyclic) bond motifs is 2. The molecule has 1 aliphatic carbocycles. The highest BCUT2D eigenvalue weighted by molar-refractivity contribution is 6.38. The third-order valence-corrected chi connectivity index (χ3v) is 4.98. The molecule has 0 saturated carbocycles. The second-order valence-electron chi connectivity index (χ2n) is 5.90. The number of halogens is 2. The van der Waals surface area contributed by atoms with Crippen LogP contribution < -0.4 is 0 Å². The van der Waals surface area contributed by atoms with Crippen LogP contribution >= 0.6 is 23.2 Å². The number of pyridine rings is 1. The van der Waals surface area contributed by atoms with Crippen molar-refractivity contribution < 1.29 is 0 Å². The van der Waals surface area contributed by atoms with E-state index >= 15 is 0 Å². The summed E-state index contributed by atoms with van der Waals surface area (Å²) in [6, 6.07) is 16.7. The zero-order valence-corrected chi connectivity index (χ0v) is 13.5. The van der Waals surface area contributed by atoms with Crippen molar-refractivity contribution in [2.75, 3.05) is 0 Å². The lowest BCUT2D eigenvalue weighted by atomic mass is 9.82. The summed E-state index contributed by atoms with van der Waals surface area (Å²) in [5.74, 6) is 0.572. The molecule has 0 amide bonds. The van der Waals surface area contributed by atoms with Crippen LogP contribution in [-0.2, 0) is 12.8 Å². The molecule has 0 aliphatic heterocycles. The molecular weight excluding hydrogens is 313 g/mol. The van der Waals surface area contributed by atoms with Gasteiger partial charge < -0.3 is 0 Å². The predicted octanol–water partition coefficient (Wildman–Crippen LogP) is 5.81. The molecule has 1 aliphatic rings. The van der Waals surface area contributed by atoms with Crippen molar-refractivity contribution in [3.63, 3.8) is 0 Å². The normalized spacial score (nSPS) is 17.5. The Balaban J connectivity index is 1.77. The molecule has 3 aromatic rings. The van der Waals surface area contributed by atoms with Crippen LogP contribution in [-0.4, -0.2) is 4.98 Å². The molecule has 22 heavy (non-hydrogen) atoms. The zero-order valence-electron chi connectivity index (χ0n) is 12.0. The third-order valence-electron chi connectivity index (χ3n) is 4.47. The molecule has 0 N–H and O–H groups in total. The molecule has 0 saturated heterocycles. The Morgan fingerprint density at radius 3 is 2.64 bits per heavy atom. The van der Waals surface area contributed by atoms with E-state index in [0.29, 0.717) is 16.0 Å². The number of aryl methyl sites for hydroxylation is 1. The van der Waals surface area contributed by atoms with Crippen molar-refractivity contribution in [2.45, 2.75) is 25.2 Å². The van der Waals surface area contributed by atoms with Gasteiger partial charge >= 0.3 is 0 Å². The maximum atomic E-state index is 6.28. The molecule has 1 nitrogen and oxygen atoms in total. The van der Waals surface area contributed by atoms with Gasteiger partial charge in [0.1, 0.15) is 0 Å². The predicted molar refractivity (Wildman–Crippen MR) is 93.0 cm³/mol. The highest BCUT2D eigenvalue weighted by atomic mass is 35.5. The van der Waals surface area contributed by atoms with Gasteiger partial charge in [0.2, 0.25) is 0 Å². The molecule has 2 aromatic carbocycles. The number of benzene rings is 2. The van der Waals surface area contributed by atoms with Gasteiger partial charge in [0, 0.05) is 16.1 Å². The van der Waals surface area contributed by atoms with Crippen LogP contribution in [0.1, 0.15) is 29.2 Å². The summed E-state index contributed by atoms with van der Waals surface area (Å²) < 4.78 is 0. The molecular formula is C19H15Cl2N. The molecule has 3 heteroatoms. The Morgan fingerprint density at radius 2 is 1.82 bits per heavy atom. The van der Waals surface area contributed by atoms with Crippen LogP contribution in [0, 0.1) is 0 Å².